The molecule has 0 radical (unpaired) electrons. The number of ether oxygens (including phenoxy) is 1. The molecule has 3 atom stereocenters. The Kier molecular flexibility index (Phi) is 10.1. The van der Waals surface area contributed by atoms with E-state index in [1.54, 1.807) is 0 Å². The molecule has 3 rings (SSSR count). The van der Waals surface area contributed by atoms with Gasteiger partial charge in [0.1, 0.15) is 5.54 Å². The number of hydrogen-bond acceptors (Lipinski definition) is 4. The second-order valence-electron chi connectivity index (χ2n) is 9.28. The zero-order chi connectivity index (χ0) is 20.4. The first-order valence-electron chi connectivity index (χ1n) is 10.8. The van der Waals surface area contributed by atoms with Crippen molar-refractivity contribution in [1.82, 2.24) is 10.2 Å². The molecule has 172 valence electrons. The van der Waals surface area contributed by atoms with E-state index in [2.05, 4.69) is 35.3 Å². The van der Waals surface area contributed by atoms with Gasteiger partial charge in [-0.25, -0.2) is 0 Å². The molecule has 1 aromatic rings. The van der Waals surface area contributed by atoms with Crippen LogP contribution in [0.4, 0.5) is 0 Å². The fourth-order valence-corrected chi connectivity index (χ4v) is 4.71. The van der Waals surface area contributed by atoms with Crippen molar-refractivity contribution < 1.29 is 9.53 Å². The summed E-state index contributed by atoms with van der Waals surface area (Å²) in [5.41, 5.74) is 7.75. The number of benzene rings is 1. The first-order chi connectivity index (χ1) is 13.3. The molecule has 1 saturated heterocycles. The molecule has 0 aromatic heterocycles. The third-order valence-electron chi connectivity index (χ3n) is 6.93. The summed E-state index contributed by atoms with van der Waals surface area (Å²) in [6.07, 6.45) is 3.21. The van der Waals surface area contributed by atoms with E-state index in [4.69, 9.17) is 10.5 Å². The molecular weight excluding hydrogens is 421 g/mol. The highest BCUT2D eigenvalue weighted by Gasteiger charge is 2.62. The average Bonchev–Trinajstić information content (AvgIpc) is 2.66. The molecule has 7 heteroatoms. The quantitative estimate of drug-likeness (QED) is 0.648. The number of carbonyl (C=O) groups is 1. The van der Waals surface area contributed by atoms with E-state index in [1.165, 1.54) is 24.0 Å². The van der Waals surface area contributed by atoms with E-state index in [-0.39, 0.29) is 42.2 Å². The van der Waals surface area contributed by atoms with E-state index < -0.39 is 5.54 Å². The zero-order valence-electron chi connectivity index (χ0n) is 18.8. The lowest BCUT2D eigenvalue weighted by molar-refractivity contribution is -0.170. The summed E-state index contributed by atoms with van der Waals surface area (Å²) in [6.45, 7) is 12.8. The number of halogens is 2. The molecule has 5 nitrogen and oxygen atoms in total. The molecule has 30 heavy (non-hydrogen) atoms. The number of likely N-dealkylation sites (tertiary alicyclic amines) is 1. The van der Waals surface area contributed by atoms with Gasteiger partial charge >= 0.3 is 0 Å². The largest absolute Gasteiger partial charge is 0.378 e. The third-order valence-corrected chi connectivity index (χ3v) is 6.93. The maximum atomic E-state index is 12.9. The highest BCUT2D eigenvalue weighted by Crippen LogP contribution is 2.49. The lowest BCUT2D eigenvalue weighted by atomic mass is 9.54. The molecular formula is C23H39Cl2N3O2. The van der Waals surface area contributed by atoms with Crippen LogP contribution in [0.25, 0.3) is 0 Å². The lowest BCUT2D eigenvalue weighted by Crippen LogP contribution is -2.75. The number of hydrogen-bond donors (Lipinski definition) is 2. The number of rotatable bonds is 7. The van der Waals surface area contributed by atoms with Crippen LogP contribution < -0.4 is 11.1 Å². The summed E-state index contributed by atoms with van der Waals surface area (Å²) in [5.74, 6) is 0.687. The van der Waals surface area contributed by atoms with Gasteiger partial charge in [-0.1, -0.05) is 45.0 Å². The molecule has 2 fully saturated rings. The average molecular weight is 460 g/mol. The summed E-state index contributed by atoms with van der Waals surface area (Å²) in [6, 6.07) is 8.42. The summed E-state index contributed by atoms with van der Waals surface area (Å²) < 4.78 is 5.75. The van der Waals surface area contributed by atoms with Gasteiger partial charge in [0.15, 0.2) is 0 Å². The van der Waals surface area contributed by atoms with E-state index >= 15 is 0 Å². The van der Waals surface area contributed by atoms with Crippen LogP contribution in [0.1, 0.15) is 58.1 Å². The van der Waals surface area contributed by atoms with E-state index in [0.717, 1.165) is 25.6 Å². The predicted octanol–water partition coefficient (Wildman–Crippen LogP) is 3.91. The minimum Gasteiger partial charge on any atom is -0.378 e. The monoisotopic (exact) mass is 459 g/mol. The molecule has 1 aliphatic heterocycles. The molecule has 0 bridgehead atoms. The molecule has 1 saturated carbocycles. The van der Waals surface area contributed by atoms with Crippen LogP contribution in [0.5, 0.6) is 0 Å². The van der Waals surface area contributed by atoms with Gasteiger partial charge in [0, 0.05) is 38.1 Å². The van der Waals surface area contributed by atoms with Crippen molar-refractivity contribution >= 4 is 30.7 Å². The minimum atomic E-state index is -0.871. The van der Waals surface area contributed by atoms with Gasteiger partial charge in [0.25, 0.3) is 0 Å². The molecule has 3 unspecified atom stereocenters. The van der Waals surface area contributed by atoms with Gasteiger partial charge in [0.05, 0.1) is 6.10 Å². The smallest absolute Gasteiger partial charge is 0.241 e. The van der Waals surface area contributed by atoms with E-state index in [0.29, 0.717) is 19.6 Å². The molecule has 0 spiro atoms. The fraction of sp³-hybridized carbons (Fsp3) is 0.696. The van der Waals surface area contributed by atoms with Crippen LogP contribution in [0.3, 0.4) is 0 Å². The van der Waals surface area contributed by atoms with Gasteiger partial charge in [0.2, 0.25) is 5.91 Å². The SMILES string of the molecule is CCOC1CC(N)(C(=O)NCc2ccccc2CN2CCCC(C)C2)C1(C)C.Cl.Cl. The summed E-state index contributed by atoms with van der Waals surface area (Å²) >= 11 is 0. The summed E-state index contributed by atoms with van der Waals surface area (Å²) in [5, 5.41) is 3.11. The maximum Gasteiger partial charge on any atom is 0.241 e. The normalized spacial score (nSPS) is 27.9. The number of nitrogens with one attached hydrogen (secondary N) is 1. The van der Waals surface area contributed by atoms with Gasteiger partial charge in [-0.3, -0.25) is 9.69 Å². The second kappa shape index (κ2) is 11.1. The lowest BCUT2D eigenvalue weighted by Gasteiger charge is -2.57. The first-order valence-corrected chi connectivity index (χ1v) is 10.8. The van der Waals surface area contributed by atoms with E-state index in [1.807, 2.05) is 26.8 Å². The van der Waals surface area contributed by atoms with Gasteiger partial charge < -0.3 is 15.8 Å². The Morgan fingerprint density at radius 2 is 1.93 bits per heavy atom. The van der Waals surface area contributed by atoms with Crippen LogP contribution >= 0.6 is 24.8 Å². The molecule has 3 N–H and O–H groups in total. The molecule has 2 aliphatic rings. The van der Waals surface area contributed by atoms with Crippen molar-refractivity contribution in [3.63, 3.8) is 0 Å². The number of carbonyl (C=O) groups excluding carboxylic acids is 1. The van der Waals surface area contributed by atoms with E-state index in [9.17, 15) is 4.79 Å². The van der Waals surface area contributed by atoms with Gasteiger partial charge in [-0.05, 0) is 43.4 Å². The van der Waals surface area contributed by atoms with Crippen molar-refractivity contribution in [3.05, 3.63) is 35.4 Å². The number of nitrogens with zero attached hydrogens (tertiary/aromatic N) is 1. The highest BCUT2D eigenvalue weighted by molar-refractivity contribution is 5.88. The van der Waals surface area contributed by atoms with Crippen LogP contribution in [-0.2, 0) is 22.6 Å². The minimum absolute atomic E-state index is 0. The Hall–Kier alpha value is -0.850. The molecule has 1 amide bonds. The first kappa shape index (κ1) is 27.2. The van der Waals surface area contributed by atoms with Crippen LogP contribution in [-0.4, -0.2) is 42.1 Å². The molecule has 1 aromatic carbocycles. The summed E-state index contributed by atoms with van der Waals surface area (Å²) in [7, 11) is 0. The van der Waals surface area contributed by atoms with Crippen molar-refractivity contribution in [2.24, 2.45) is 17.1 Å². The third kappa shape index (κ3) is 5.49. The van der Waals surface area contributed by atoms with Gasteiger partial charge in [-0.2, -0.15) is 0 Å². The van der Waals surface area contributed by atoms with Crippen molar-refractivity contribution in [3.8, 4) is 0 Å². The van der Waals surface area contributed by atoms with Crippen LogP contribution in [0, 0.1) is 11.3 Å². The Labute approximate surface area is 194 Å². The Bertz CT molecular complexity index is 701. The van der Waals surface area contributed by atoms with Crippen LogP contribution in [0.2, 0.25) is 0 Å². The van der Waals surface area contributed by atoms with Crippen molar-refractivity contribution in [1.29, 1.82) is 0 Å². The van der Waals surface area contributed by atoms with Gasteiger partial charge in [-0.15, -0.1) is 24.8 Å². The van der Waals surface area contributed by atoms with Crippen molar-refractivity contribution in [2.75, 3.05) is 19.7 Å². The molecule has 1 heterocycles. The standard InChI is InChI=1S/C23H37N3O2.2ClH/c1-5-28-20-13-23(24,22(20,3)4)21(27)25-14-18-10-6-7-11-19(18)16-26-12-8-9-17(2)15-26;;/h6-7,10-11,17,20H,5,8-9,12-16,24H2,1-4H3,(H,25,27);2*1H. The maximum absolute atomic E-state index is 12.9. The highest BCUT2D eigenvalue weighted by atomic mass is 35.5. The Balaban J connectivity index is 0.00000225. The van der Waals surface area contributed by atoms with Crippen molar-refractivity contribution in [2.45, 2.75) is 71.7 Å². The fourth-order valence-electron chi connectivity index (χ4n) is 4.71. The molecule has 1 aliphatic carbocycles. The number of amides is 1. The predicted molar refractivity (Wildman–Crippen MR) is 127 cm³/mol. The number of nitrogens with two attached hydrogens (primary N) is 1. The topological polar surface area (TPSA) is 67.6 Å². The summed E-state index contributed by atoms with van der Waals surface area (Å²) in [4.78, 5) is 15.5. The second-order valence-corrected chi connectivity index (χ2v) is 9.28. The Morgan fingerprint density at radius 3 is 2.53 bits per heavy atom. The zero-order valence-corrected chi connectivity index (χ0v) is 20.4. The Morgan fingerprint density at radius 1 is 1.27 bits per heavy atom. The van der Waals surface area contributed by atoms with Crippen LogP contribution in [0.15, 0.2) is 24.3 Å². The number of piperidine rings is 1.